The largest absolute Gasteiger partial charge is 0.464 e. The average molecular weight is 240 g/mol. The van der Waals surface area contributed by atoms with Crippen molar-refractivity contribution in [1.82, 2.24) is 0 Å². The van der Waals surface area contributed by atoms with Gasteiger partial charge in [0.05, 0.1) is 5.56 Å². The van der Waals surface area contributed by atoms with Crippen molar-refractivity contribution in [3.63, 3.8) is 0 Å². The van der Waals surface area contributed by atoms with Gasteiger partial charge in [-0.3, -0.25) is 4.79 Å². The quantitative estimate of drug-likeness (QED) is 0.537. The number of hydrogen-bond donors (Lipinski definition) is 0. The van der Waals surface area contributed by atoms with Gasteiger partial charge >= 0.3 is 0 Å². The van der Waals surface area contributed by atoms with Crippen LogP contribution in [0.25, 0.3) is 0 Å². The van der Waals surface area contributed by atoms with Crippen LogP contribution >= 0.6 is 0 Å². The molecule has 5 nitrogen and oxygen atoms in total. The highest BCUT2D eigenvalue weighted by Crippen LogP contribution is 2.32. The fourth-order valence-electron chi connectivity index (χ4n) is 1.36. The second-order valence-electron chi connectivity index (χ2n) is 3.40. The Morgan fingerprint density at radius 2 is 1.76 bits per heavy atom. The summed E-state index contributed by atoms with van der Waals surface area (Å²) >= 11 is 0. The standard InChI is InChI=1S/C12H16O5/c1-9-4-10(6-13)12(17-8-15-3)11(5-9)16-7-14-2/h4-6H,7-8H2,1-3H3. The predicted molar refractivity (Wildman–Crippen MR) is 61.6 cm³/mol. The summed E-state index contributed by atoms with van der Waals surface area (Å²) in [4.78, 5) is 11.0. The lowest BCUT2D eigenvalue weighted by atomic mass is 10.1. The highest BCUT2D eigenvalue weighted by atomic mass is 16.7. The lowest BCUT2D eigenvalue weighted by Crippen LogP contribution is -2.06. The minimum Gasteiger partial charge on any atom is -0.464 e. The van der Waals surface area contributed by atoms with Gasteiger partial charge in [0.15, 0.2) is 31.4 Å². The molecule has 0 saturated carbocycles. The zero-order valence-corrected chi connectivity index (χ0v) is 10.2. The van der Waals surface area contributed by atoms with E-state index in [1.165, 1.54) is 14.2 Å². The van der Waals surface area contributed by atoms with Crippen molar-refractivity contribution in [3.8, 4) is 11.5 Å². The maximum absolute atomic E-state index is 11.0. The molecule has 0 atom stereocenters. The van der Waals surface area contributed by atoms with E-state index < -0.39 is 0 Å². The van der Waals surface area contributed by atoms with Gasteiger partial charge in [0.1, 0.15) is 0 Å². The second kappa shape index (κ2) is 6.88. The first-order valence-electron chi connectivity index (χ1n) is 5.06. The van der Waals surface area contributed by atoms with Crippen molar-refractivity contribution in [1.29, 1.82) is 0 Å². The maximum Gasteiger partial charge on any atom is 0.188 e. The molecule has 0 spiro atoms. The van der Waals surface area contributed by atoms with Crippen molar-refractivity contribution in [2.75, 3.05) is 27.8 Å². The Morgan fingerprint density at radius 3 is 2.35 bits per heavy atom. The van der Waals surface area contributed by atoms with Crippen molar-refractivity contribution >= 4 is 6.29 Å². The molecular formula is C12H16O5. The molecule has 94 valence electrons. The first-order chi connectivity index (χ1) is 8.22. The molecule has 0 aliphatic heterocycles. The predicted octanol–water partition coefficient (Wildman–Crippen LogP) is 1.77. The van der Waals surface area contributed by atoms with Gasteiger partial charge in [-0.05, 0) is 24.6 Å². The lowest BCUT2D eigenvalue weighted by molar-refractivity contribution is 0.0318. The van der Waals surface area contributed by atoms with Gasteiger partial charge in [0.25, 0.3) is 0 Å². The van der Waals surface area contributed by atoms with E-state index >= 15 is 0 Å². The zero-order valence-electron chi connectivity index (χ0n) is 10.2. The van der Waals surface area contributed by atoms with Crippen LogP contribution in [0.15, 0.2) is 12.1 Å². The van der Waals surface area contributed by atoms with E-state index in [9.17, 15) is 4.79 Å². The van der Waals surface area contributed by atoms with E-state index in [-0.39, 0.29) is 13.6 Å². The van der Waals surface area contributed by atoms with E-state index in [1.54, 1.807) is 12.1 Å². The fourth-order valence-corrected chi connectivity index (χ4v) is 1.36. The van der Waals surface area contributed by atoms with Crippen LogP contribution in [-0.2, 0) is 9.47 Å². The van der Waals surface area contributed by atoms with E-state index in [0.29, 0.717) is 17.1 Å². The molecule has 17 heavy (non-hydrogen) atoms. The molecule has 0 unspecified atom stereocenters. The van der Waals surface area contributed by atoms with Crippen molar-refractivity contribution in [3.05, 3.63) is 23.3 Å². The van der Waals surface area contributed by atoms with Crippen LogP contribution in [0, 0.1) is 6.92 Å². The van der Waals surface area contributed by atoms with Gasteiger partial charge in [-0.2, -0.15) is 0 Å². The van der Waals surface area contributed by atoms with Crippen LogP contribution < -0.4 is 9.47 Å². The molecule has 0 aromatic heterocycles. The van der Waals surface area contributed by atoms with Gasteiger partial charge in [-0.15, -0.1) is 0 Å². The Kier molecular flexibility index (Phi) is 5.45. The summed E-state index contributed by atoms with van der Waals surface area (Å²) in [6.07, 6.45) is 0.720. The lowest BCUT2D eigenvalue weighted by Gasteiger charge is -2.14. The molecule has 1 aromatic carbocycles. The van der Waals surface area contributed by atoms with Crippen molar-refractivity contribution < 1.29 is 23.7 Å². The van der Waals surface area contributed by atoms with E-state index in [1.807, 2.05) is 6.92 Å². The van der Waals surface area contributed by atoms with Gasteiger partial charge in [-0.1, -0.05) is 0 Å². The van der Waals surface area contributed by atoms with Gasteiger partial charge < -0.3 is 18.9 Å². The fraction of sp³-hybridized carbons (Fsp3) is 0.417. The van der Waals surface area contributed by atoms with Crippen LogP contribution in [0.1, 0.15) is 15.9 Å². The molecule has 0 heterocycles. The summed E-state index contributed by atoms with van der Waals surface area (Å²) in [6.45, 7) is 2.01. The number of benzene rings is 1. The van der Waals surface area contributed by atoms with Crippen LogP contribution in [0.3, 0.4) is 0 Å². The number of aryl methyl sites for hydroxylation is 1. The minimum atomic E-state index is 0.0489. The van der Waals surface area contributed by atoms with E-state index in [0.717, 1.165) is 11.8 Å². The van der Waals surface area contributed by atoms with E-state index in [2.05, 4.69) is 0 Å². The van der Waals surface area contributed by atoms with Crippen LogP contribution in [0.5, 0.6) is 11.5 Å². The van der Waals surface area contributed by atoms with Gasteiger partial charge in [0.2, 0.25) is 0 Å². The number of rotatable bonds is 7. The molecule has 0 amide bonds. The van der Waals surface area contributed by atoms with Crippen LogP contribution in [0.2, 0.25) is 0 Å². The highest BCUT2D eigenvalue weighted by Gasteiger charge is 2.12. The summed E-state index contributed by atoms with van der Waals surface area (Å²) in [5.41, 5.74) is 1.33. The smallest absolute Gasteiger partial charge is 0.188 e. The Hall–Kier alpha value is -1.59. The Bertz CT molecular complexity index is 375. The molecule has 0 saturated heterocycles. The van der Waals surface area contributed by atoms with Gasteiger partial charge in [-0.25, -0.2) is 0 Å². The van der Waals surface area contributed by atoms with Crippen LogP contribution in [0.4, 0.5) is 0 Å². The SMILES string of the molecule is COCOc1cc(C)cc(C=O)c1OCOC. The number of methoxy groups -OCH3 is 2. The van der Waals surface area contributed by atoms with Gasteiger partial charge in [0, 0.05) is 14.2 Å². The molecule has 0 fully saturated rings. The summed E-state index contributed by atoms with van der Waals surface area (Å²) in [5.74, 6) is 0.829. The number of carbonyl (C=O) groups is 1. The van der Waals surface area contributed by atoms with Crippen molar-refractivity contribution in [2.24, 2.45) is 0 Å². The Balaban J connectivity index is 3.04. The summed E-state index contributed by atoms with van der Waals surface area (Å²) in [7, 11) is 3.02. The molecule has 0 radical (unpaired) electrons. The summed E-state index contributed by atoms with van der Waals surface area (Å²) in [5, 5.41) is 0. The number of carbonyl (C=O) groups excluding carboxylic acids is 1. The first kappa shape index (κ1) is 13.5. The van der Waals surface area contributed by atoms with E-state index in [4.69, 9.17) is 18.9 Å². The van der Waals surface area contributed by atoms with Crippen LogP contribution in [-0.4, -0.2) is 34.1 Å². The summed E-state index contributed by atoms with van der Waals surface area (Å²) in [6, 6.07) is 3.49. The molecule has 5 heteroatoms. The Labute approximate surface area is 100 Å². The number of hydrogen-bond acceptors (Lipinski definition) is 5. The number of aldehydes is 1. The molecular weight excluding hydrogens is 224 g/mol. The highest BCUT2D eigenvalue weighted by molar-refractivity contribution is 5.81. The zero-order chi connectivity index (χ0) is 12.7. The molecule has 0 aliphatic rings. The third-order valence-electron chi connectivity index (χ3n) is 2.01. The third kappa shape index (κ3) is 3.72. The molecule has 1 rings (SSSR count). The molecule has 1 aromatic rings. The average Bonchev–Trinajstić information content (AvgIpc) is 2.34. The summed E-state index contributed by atoms with van der Waals surface area (Å²) < 4.78 is 20.3. The molecule has 0 bridgehead atoms. The molecule has 0 aliphatic carbocycles. The normalized spacial score (nSPS) is 10.1. The topological polar surface area (TPSA) is 54.0 Å². The monoisotopic (exact) mass is 240 g/mol. The first-order valence-corrected chi connectivity index (χ1v) is 5.06. The minimum absolute atomic E-state index is 0.0489. The Morgan fingerprint density at radius 1 is 1.12 bits per heavy atom. The molecule has 0 N–H and O–H groups in total. The number of ether oxygens (including phenoxy) is 4. The maximum atomic E-state index is 11.0. The van der Waals surface area contributed by atoms with Crippen molar-refractivity contribution in [2.45, 2.75) is 6.92 Å². The second-order valence-corrected chi connectivity index (χ2v) is 3.40. The third-order valence-corrected chi connectivity index (χ3v) is 2.01.